The maximum Gasteiger partial charge on any atom is 0.389 e. The van der Waals surface area contributed by atoms with Crippen LogP contribution in [0.2, 0.25) is 0 Å². The second-order valence-corrected chi connectivity index (χ2v) is 4.25. The van der Waals surface area contributed by atoms with Gasteiger partial charge in [-0.3, -0.25) is 0 Å². The number of rotatable bonds is 3. The highest BCUT2D eigenvalue weighted by atomic mass is 79.9. The zero-order valence-corrected chi connectivity index (χ0v) is 11.0. The lowest BCUT2D eigenvalue weighted by Gasteiger charge is -2.15. The Labute approximate surface area is 111 Å². The van der Waals surface area contributed by atoms with E-state index in [0.29, 0.717) is 4.47 Å². The summed E-state index contributed by atoms with van der Waals surface area (Å²) in [5.74, 6) is -0.593. The lowest BCUT2D eigenvalue weighted by Crippen LogP contribution is -2.17. The molecule has 0 amide bonds. The Hall–Kier alpha value is -0.330. The van der Waals surface area contributed by atoms with Gasteiger partial charge in [-0.1, -0.05) is 22.0 Å². The third-order valence-corrected chi connectivity index (χ3v) is 2.80. The van der Waals surface area contributed by atoms with E-state index in [0.717, 1.165) is 0 Å². The summed E-state index contributed by atoms with van der Waals surface area (Å²) < 4.78 is 49.6. The molecule has 1 rings (SSSR count). The number of halogens is 6. The third kappa shape index (κ3) is 5.23. The zero-order valence-electron chi connectivity index (χ0n) is 8.60. The van der Waals surface area contributed by atoms with Crippen LogP contribution in [0.15, 0.2) is 22.7 Å². The number of benzene rings is 1. The van der Waals surface area contributed by atoms with Crippen LogP contribution in [0, 0.1) is 5.82 Å². The molecule has 0 aromatic heterocycles. The maximum absolute atomic E-state index is 13.3. The van der Waals surface area contributed by atoms with Crippen molar-refractivity contribution in [3.8, 4) is 0 Å². The smallest absolute Gasteiger partial charge is 0.324 e. The first-order valence-electron chi connectivity index (χ1n) is 4.57. The summed E-state index contributed by atoms with van der Waals surface area (Å²) >= 11 is 3.07. The third-order valence-electron chi connectivity index (χ3n) is 2.11. The molecular formula is C10H11BrClF4N. The standard InChI is InChI=1S/C10H10BrF4N.ClH/c11-6-2-1-3-7(12)9(6)8(16)4-5-10(13,14)15;/h1-3,8H,4-5,16H2;1H/t8-;/m0./s1. The van der Waals surface area contributed by atoms with Crippen molar-refractivity contribution in [2.45, 2.75) is 25.1 Å². The molecule has 7 heteroatoms. The summed E-state index contributed by atoms with van der Waals surface area (Å²) in [5.41, 5.74) is 5.62. The predicted octanol–water partition coefficient (Wildman–Crippen LogP) is 4.35. The van der Waals surface area contributed by atoms with Gasteiger partial charge in [0.15, 0.2) is 0 Å². The van der Waals surface area contributed by atoms with Crippen LogP contribution in [-0.2, 0) is 0 Å². The quantitative estimate of drug-likeness (QED) is 0.816. The van der Waals surface area contributed by atoms with Crippen molar-refractivity contribution < 1.29 is 17.6 Å². The van der Waals surface area contributed by atoms with Gasteiger partial charge in [0.2, 0.25) is 0 Å². The largest absolute Gasteiger partial charge is 0.389 e. The fraction of sp³-hybridized carbons (Fsp3) is 0.400. The average molecular weight is 337 g/mol. The molecule has 0 spiro atoms. The second kappa shape index (κ2) is 6.56. The molecular weight excluding hydrogens is 325 g/mol. The molecule has 0 aliphatic carbocycles. The molecule has 0 heterocycles. The molecule has 0 saturated carbocycles. The molecule has 0 aliphatic heterocycles. The van der Waals surface area contributed by atoms with Crippen LogP contribution >= 0.6 is 28.3 Å². The molecule has 0 radical (unpaired) electrons. The minimum atomic E-state index is -4.27. The minimum absolute atomic E-state index is 0. The van der Waals surface area contributed by atoms with Gasteiger partial charge in [0.05, 0.1) is 0 Å². The Morgan fingerprint density at radius 3 is 2.35 bits per heavy atom. The Balaban J connectivity index is 0.00000256. The highest BCUT2D eigenvalue weighted by Crippen LogP contribution is 2.31. The summed E-state index contributed by atoms with van der Waals surface area (Å²) in [6, 6.07) is 3.22. The molecule has 1 aromatic rings. The first-order valence-corrected chi connectivity index (χ1v) is 5.37. The average Bonchev–Trinajstić information content (AvgIpc) is 2.13. The molecule has 98 valence electrons. The van der Waals surface area contributed by atoms with E-state index in [1.807, 2.05) is 0 Å². The highest BCUT2D eigenvalue weighted by molar-refractivity contribution is 9.10. The number of hydrogen-bond acceptors (Lipinski definition) is 1. The molecule has 1 atom stereocenters. The van der Waals surface area contributed by atoms with E-state index in [9.17, 15) is 17.6 Å². The van der Waals surface area contributed by atoms with Gasteiger partial charge in [0.1, 0.15) is 5.82 Å². The first-order chi connectivity index (χ1) is 7.31. The van der Waals surface area contributed by atoms with Gasteiger partial charge in [0, 0.05) is 22.5 Å². The van der Waals surface area contributed by atoms with Crippen LogP contribution in [0.5, 0.6) is 0 Å². The van der Waals surface area contributed by atoms with Crippen LogP contribution < -0.4 is 5.73 Å². The van der Waals surface area contributed by atoms with Crippen molar-refractivity contribution in [3.63, 3.8) is 0 Å². The van der Waals surface area contributed by atoms with Crippen LogP contribution in [0.4, 0.5) is 17.6 Å². The molecule has 0 fully saturated rings. The molecule has 0 bridgehead atoms. The fourth-order valence-electron chi connectivity index (χ4n) is 1.33. The van der Waals surface area contributed by atoms with Crippen molar-refractivity contribution >= 4 is 28.3 Å². The molecule has 17 heavy (non-hydrogen) atoms. The van der Waals surface area contributed by atoms with Crippen LogP contribution in [0.1, 0.15) is 24.4 Å². The zero-order chi connectivity index (χ0) is 12.3. The normalized spacial score (nSPS) is 13.1. The van der Waals surface area contributed by atoms with E-state index in [2.05, 4.69) is 15.9 Å². The molecule has 0 aliphatic rings. The van der Waals surface area contributed by atoms with Crippen LogP contribution in [0.25, 0.3) is 0 Å². The van der Waals surface area contributed by atoms with E-state index in [1.54, 1.807) is 6.07 Å². The van der Waals surface area contributed by atoms with Gasteiger partial charge < -0.3 is 5.73 Å². The Morgan fingerprint density at radius 1 is 1.29 bits per heavy atom. The fourth-order valence-corrected chi connectivity index (χ4v) is 1.96. The van der Waals surface area contributed by atoms with Crippen molar-refractivity contribution in [2.75, 3.05) is 0 Å². The van der Waals surface area contributed by atoms with E-state index in [-0.39, 0.29) is 24.4 Å². The van der Waals surface area contributed by atoms with Gasteiger partial charge in [0.25, 0.3) is 0 Å². The van der Waals surface area contributed by atoms with Crippen LogP contribution in [-0.4, -0.2) is 6.18 Å². The topological polar surface area (TPSA) is 26.0 Å². The molecule has 0 unspecified atom stereocenters. The summed E-state index contributed by atoms with van der Waals surface area (Å²) in [7, 11) is 0. The van der Waals surface area contributed by atoms with Crippen molar-refractivity contribution in [2.24, 2.45) is 5.73 Å². The summed E-state index contributed by atoms with van der Waals surface area (Å²) in [5, 5.41) is 0. The highest BCUT2D eigenvalue weighted by Gasteiger charge is 2.28. The van der Waals surface area contributed by atoms with Gasteiger partial charge in [-0.05, 0) is 18.6 Å². The lowest BCUT2D eigenvalue weighted by molar-refractivity contribution is -0.136. The molecule has 1 nitrogen and oxygen atoms in total. The molecule has 2 N–H and O–H groups in total. The van der Waals surface area contributed by atoms with Gasteiger partial charge in [-0.15, -0.1) is 12.4 Å². The van der Waals surface area contributed by atoms with Crippen LogP contribution in [0.3, 0.4) is 0 Å². The Kier molecular flexibility index (Phi) is 6.43. The van der Waals surface area contributed by atoms with E-state index in [4.69, 9.17) is 5.73 Å². The number of alkyl halides is 3. The number of hydrogen-bond donors (Lipinski definition) is 1. The summed E-state index contributed by atoms with van der Waals surface area (Å²) in [6.07, 6.45) is -5.62. The SMILES string of the molecule is Cl.N[C@@H](CCC(F)(F)F)c1c(F)cccc1Br. The molecule has 1 aromatic carbocycles. The minimum Gasteiger partial charge on any atom is -0.324 e. The summed E-state index contributed by atoms with van der Waals surface area (Å²) in [6.45, 7) is 0. The van der Waals surface area contributed by atoms with Gasteiger partial charge in [-0.25, -0.2) is 4.39 Å². The number of nitrogens with two attached hydrogens (primary N) is 1. The monoisotopic (exact) mass is 335 g/mol. The Morgan fingerprint density at radius 2 is 1.88 bits per heavy atom. The molecule has 0 saturated heterocycles. The van der Waals surface area contributed by atoms with Gasteiger partial charge in [-0.2, -0.15) is 13.2 Å². The van der Waals surface area contributed by atoms with Crippen molar-refractivity contribution in [3.05, 3.63) is 34.1 Å². The maximum atomic E-state index is 13.3. The summed E-state index contributed by atoms with van der Waals surface area (Å²) in [4.78, 5) is 0. The predicted molar refractivity (Wildman–Crippen MR) is 63.6 cm³/mol. The van der Waals surface area contributed by atoms with Gasteiger partial charge >= 0.3 is 6.18 Å². The van der Waals surface area contributed by atoms with Crippen molar-refractivity contribution in [1.82, 2.24) is 0 Å². The van der Waals surface area contributed by atoms with E-state index < -0.39 is 24.5 Å². The Bertz CT molecular complexity index is 350. The van der Waals surface area contributed by atoms with E-state index in [1.165, 1.54) is 12.1 Å². The lowest BCUT2D eigenvalue weighted by atomic mass is 10.0. The second-order valence-electron chi connectivity index (χ2n) is 3.40. The van der Waals surface area contributed by atoms with E-state index >= 15 is 0 Å². The first kappa shape index (κ1) is 16.7. The van der Waals surface area contributed by atoms with Crippen molar-refractivity contribution in [1.29, 1.82) is 0 Å².